The van der Waals surface area contributed by atoms with E-state index in [2.05, 4.69) is 0 Å². The molecule has 0 radical (unpaired) electrons. The molecule has 0 unspecified atom stereocenters. The summed E-state index contributed by atoms with van der Waals surface area (Å²) < 4.78 is 10.5. The second kappa shape index (κ2) is 6.76. The monoisotopic (exact) mass is 287 g/mol. The zero-order valence-corrected chi connectivity index (χ0v) is 11.7. The van der Waals surface area contributed by atoms with E-state index in [1.54, 1.807) is 19.2 Å². The zero-order chi connectivity index (χ0) is 15.2. The van der Waals surface area contributed by atoms with Crippen LogP contribution in [0.25, 0.3) is 11.1 Å². The number of rotatable bonds is 6. The van der Waals surface area contributed by atoms with Crippen molar-refractivity contribution in [3.05, 3.63) is 48.0 Å². The van der Waals surface area contributed by atoms with Crippen LogP contribution < -0.4 is 15.2 Å². The molecule has 0 fully saturated rings. The smallest absolute Gasteiger partial charge is 0.252 e. The number of primary amides is 1. The van der Waals surface area contributed by atoms with E-state index in [1.807, 2.05) is 30.3 Å². The van der Waals surface area contributed by atoms with Crippen LogP contribution in [0, 0.1) is 0 Å². The van der Waals surface area contributed by atoms with Gasteiger partial charge in [-0.2, -0.15) is 0 Å². The minimum absolute atomic E-state index is 0.110. The van der Waals surface area contributed by atoms with Gasteiger partial charge in [-0.1, -0.05) is 18.2 Å². The third kappa shape index (κ3) is 3.52. The van der Waals surface area contributed by atoms with Gasteiger partial charge >= 0.3 is 0 Å². The summed E-state index contributed by atoms with van der Waals surface area (Å²) in [6, 6.07) is 12.7. The van der Waals surface area contributed by atoms with Crippen molar-refractivity contribution in [2.75, 3.05) is 20.3 Å². The van der Waals surface area contributed by atoms with Crippen molar-refractivity contribution in [1.29, 1.82) is 0 Å². The first kappa shape index (κ1) is 14.9. The Hall–Kier alpha value is -2.53. The minimum atomic E-state index is -0.576. The highest BCUT2D eigenvalue weighted by Gasteiger charge is 2.11. The van der Waals surface area contributed by atoms with Crippen molar-refractivity contribution in [3.63, 3.8) is 0 Å². The molecule has 21 heavy (non-hydrogen) atoms. The summed E-state index contributed by atoms with van der Waals surface area (Å²) in [6.45, 7) is -0.0192. The molecule has 110 valence electrons. The van der Waals surface area contributed by atoms with Gasteiger partial charge in [-0.3, -0.25) is 4.79 Å². The SMILES string of the molecule is COc1cccc(-c2ccc(OCCO)c(C(N)=O)c2)c1. The van der Waals surface area contributed by atoms with Crippen LogP contribution in [0.4, 0.5) is 0 Å². The van der Waals surface area contributed by atoms with Crippen LogP contribution in [0.15, 0.2) is 42.5 Å². The van der Waals surface area contributed by atoms with Crippen molar-refractivity contribution < 1.29 is 19.4 Å². The van der Waals surface area contributed by atoms with Gasteiger partial charge in [-0.25, -0.2) is 0 Å². The summed E-state index contributed by atoms with van der Waals surface area (Å²) >= 11 is 0. The van der Waals surface area contributed by atoms with Crippen LogP contribution in [0.2, 0.25) is 0 Å². The molecule has 5 heteroatoms. The summed E-state index contributed by atoms with van der Waals surface area (Å²) in [5.41, 5.74) is 7.40. The number of aliphatic hydroxyl groups excluding tert-OH is 1. The quantitative estimate of drug-likeness (QED) is 0.849. The largest absolute Gasteiger partial charge is 0.497 e. The van der Waals surface area contributed by atoms with Gasteiger partial charge in [0.1, 0.15) is 18.1 Å². The van der Waals surface area contributed by atoms with Crippen molar-refractivity contribution in [1.82, 2.24) is 0 Å². The molecule has 2 aromatic carbocycles. The first-order valence-electron chi connectivity index (χ1n) is 6.47. The lowest BCUT2D eigenvalue weighted by Crippen LogP contribution is -2.14. The van der Waals surface area contributed by atoms with E-state index in [0.717, 1.165) is 16.9 Å². The number of aliphatic hydroxyl groups is 1. The Kier molecular flexibility index (Phi) is 4.79. The molecule has 0 heterocycles. The Morgan fingerprint density at radius 1 is 1.19 bits per heavy atom. The number of nitrogens with two attached hydrogens (primary N) is 1. The highest BCUT2D eigenvalue weighted by molar-refractivity contribution is 5.97. The highest BCUT2D eigenvalue weighted by Crippen LogP contribution is 2.28. The topological polar surface area (TPSA) is 81.8 Å². The van der Waals surface area contributed by atoms with E-state index < -0.39 is 5.91 Å². The molecule has 0 spiro atoms. The molecule has 5 nitrogen and oxygen atoms in total. The Morgan fingerprint density at radius 3 is 2.62 bits per heavy atom. The van der Waals surface area contributed by atoms with Gasteiger partial charge in [0.25, 0.3) is 5.91 Å². The number of carbonyl (C=O) groups is 1. The summed E-state index contributed by atoms with van der Waals surface area (Å²) in [4.78, 5) is 11.5. The molecule has 0 aliphatic rings. The average molecular weight is 287 g/mol. The maximum absolute atomic E-state index is 11.5. The third-order valence-corrected chi connectivity index (χ3v) is 3.00. The Bertz CT molecular complexity index is 640. The third-order valence-electron chi connectivity index (χ3n) is 3.00. The molecule has 1 amide bonds. The van der Waals surface area contributed by atoms with Gasteiger partial charge in [0.15, 0.2) is 0 Å². The predicted molar refractivity (Wildman–Crippen MR) is 79.5 cm³/mol. The van der Waals surface area contributed by atoms with Crippen LogP contribution in [-0.2, 0) is 0 Å². The van der Waals surface area contributed by atoms with E-state index in [-0.39, 0.29) is 18.8 Å². The molecule has 3 N–H and O–H groups in total. The van der Waals surface area contributed by atoms with Crippen LogP contribution in [0.5, 0.6) is 11.5 Å². The van der Waals surface area contributed by atoms with E-state index in [9.17, 15) is 4.79 Å². The molecule has 0 saturated carbocycles. The second-order valence-corrected chi connectivity index (χ2v) is 4.38. The van der Waals surface area contributed by atoms with Crippen LogP contribution in [-0.4, -0.2) is 31.3 Å². The van der Waals surface area contributed by atoms with Crippen LogP contribution in [0.1, 0.15) is 10.4 Å². The summed E-state index contributed by atoms with van der Waals surface area (Å²) in [6.07, 6.45) is 0. The van der Waals surface area contributed by atoms with Gasteiger partial charge < -0.3 is 20.3 Å². The summed E-state index contributed by atoms with van der Waals surface area (Å²) in [7, 11) is 1.60. The summed E-state index contributed by atoms with van der Waals surface area (Å²) in [5, 5.41) is 8.79. The van der Waals surface area contributed by atoms with E-state index in [0.29, 0.717) is 5.75 Å². The Morgan fingerprint density at radius 2 is 1.95 bits per heavy atom. The molecule has 0 saturated heterocycles. The molecule has 2 rings (SSSR count). The first-order valence-corrected chi connectivity index (χ1v) is 6.47. The maximum Gasteiger partial charge on any atom is 0.252 e. The zero-order valence-electron chi connectivity index (χ0n) is 11.7. The van der Waals surface area contributed by atoms with E-state index in [4.69, 9.17) is 20.3 Å². The Balaban J connectivity index is 2.41. The molecule has 0 atom stereocenters. The summed E-state index contributed by atoms with van der Waals surface area (Å²) in [5.74, 6) is 0.518. The first-order chi connectivity index (χ1) is 10.2. The van der Waals surface area contributed by atoms with Crippen molar-refractivity contribution >= 4 is 5.91 Å². The number of carbonyl (C=O) groups excluding carboxylic acids is 1. The lowest BCUT2D eigenvalue weighted by atomic mass is 10.0. The molecule has 0 bridgehead atoms. The van der Waals surface area contributed by atoms with Gasteiger partial charge in [0, 0.05) is 0 Å². The second-order valence-electron chi connectivity index (χ2n) is 4.38. The van der Waals surface area contributed by atoms with Crippen LogP contribution >= 0.6 is 0 Å². The normalized spacial score (nSPS) is 10.2. The molecule has 0 aliphatic carbocycles. The van der Waals surface area contributed by atoms with Gasteiger partial charge in [0.05, 0.1) is 19.3 Å². The fourth-order valence-corrected chi connectivity index (χ4v) is 1.99. The van der Waals surface area contributed by atoms with Crippen molar-refractivity contribution in [3.8, 4) is 22.6 Å². The molecule has 0 aromatic heterocycles. The van der Waals surface area contributed by atoms with Crippen LogP contribution in [0.3, 0.4) is 0 Å². The maximum atomic E-state index is 11.5. The number of hydrogen-bond acceptors (Lipinski definition) is 4. The van der Waals surface area contributed by atoms with Crippen molar-refractivity contribution in [2.45, 2.75) is 0 Å². The van der Waals surface area contributed by atoms with Gasteiger partial charge in [0.2, 0.25) is 0 Å². The number of ether oxygens (including phenoxy) is 2. The minimum Gasteiger partial charge on any atom is -0.497 e. The van der Waals surface area contributed by atoms with E-state index >= 15 is 0 Å². The van der Waals surface area contributed by atoms with Gasteiger partial charge in [-0.05, 0) is 35.4 Å². The van der Waals surface area contributed by atoms with E-state index in [1.165, 1.54) is 0 Å². The Labute approximate surface area is 122 Å². The molecular formula is C16H17NO4. The predicted octanol–water partition coefficient (Wildman–Crippen LogP) is 1.83. The standard InChI is InChI=1S/C16H17NO4/c1-20-13-4-2-3-11(9-13)12-5-6-15(21-8-7-18)14(10-12)16(17)19/h2-6,9-10,18H,7-8H2,1H3,(H2,17,19). The number of benzene rings is 2. The highest BCUT2D eigenvalue weighted by atomic mass is 16.5. The molecule has 2 aromatic rings. The fraction of sp³-hybridized carbons (Fsp3) is 0.188. The number of methoxy groups -OCH3 is 1. The van der Waals surface area contributed by atoms with Gasteiger partial charge in [-0.15, -0.1) is 0 Å². The lowest BCUT2D eigenvalue weighted by molar-refractivity contribution is 0.0994. The number of hydrogen-bond donors (Lipinski definition) is 2. The fourth-order valence-electron chi connectivity index (χ4n) is 1.99. The average Bonchev–Trinajstić information content (AvgIpc) is 2.52. The van der Waals surface area contributed by atoms with Crippen molar-refractivity contribution in [2.24, 2.45) is 5.73 Å². The molecular weight excluding hydrogens is 270 g/mol. The molecule has 0 aliphatic heterocycles. The lowest BCUT2D eigenvalue weighted by Gasteiger charge is -2.11. The number of amides is 1.